The van der Waals surface area contributed by atoms with Crippen LogP contribution in [-0.2, 0) is 17.8 Å². The van der Waals surface area contributed by atoms with E-state index in [0.717, 1.165) is 29.6 Å². The molecule has 0 spiro atoms. The lowest BCUT2D eigenvalue weighted by molar-refractivity contribution is -0.116. The molecule has 0 bridgehead atoms. The molecule has 1 aliphatic heterocycles. The van der Waals surface area contributed by atoms with Crippen molar-refractivity contribution in [3.05, 3.63) is 35.7 Å². The molecule has 6 heteroatoms. The molecule has 2 heterocycles. The average molecular weight is 344 g/mol. The molecule has 1 aliphatic rings. The predicted octanol–water partition coefficient (Wildman–Crippen LogP) is 3.49. The molecule has 128 valence electrons. The molecule has 1 amide bonds. The summed E-state index contributed by atoms with van der Waals surface area (Å²) < 4.78 is 2.10. The molecule has 0 saturated heterocycles. The quantitative estimate of drug-likeness (QED) is 0.779. The van der Waals surface area contributed by atoms with Crippen molar-refractivity contribution in [1.29, 1.82) is 0 Å². The highest BCUT2D eigenvalue weighted by Crippen LogP contribution is 2.32. The smallest absolute Gasteiger partial charge is 0.237 e. The Hall–Kier alpha value is -1.82. The second kappa shape index (κ2) is 6.97. The van der Waals surface area contributed by atoms with Crippen molar-refractivity contribution in [2.75, 3.05) is 10.7 Å². The van der Waals surface area contributed by atoms with Gasteiger partial charge in [0.25, 0.3) is 0 Å². The second-order valence-electron chi connectivity index (χ2n) is 6.47. The molecule has 1 unspecified atom stereocenters. The number of benzene rings is 1. The highest BCUT2D eigenvalue weighted by molar-refractivity contribution is 7.99. The summed E-state index contributed by atoms with van der Waals surface area (Å²) in [5, 5.41) is 9.38. The lowest BCUT2D eigenvalue weighted by atomic mass is 10.1. The number of thioether (sulfide) groups is 1. The summed E-state index contributed by atoms with van der Waals surface area (Å²) in [4.78, 5) is 14.7. The van der Waals surface area contributed by atoms with Gasteiger partial charge in [-0.15, -0.1) is 10.2 Å². The summed E-state index contributed by atoms with van der Waals surface area (Å²) in [5.41, 5.74) is 2.30. The zero-order chi connectivity index (χ0) is 17.3. The van der Waals surface area contributed by atoms with Crippen LogP contribution in [0, 0.1) is 0 Å². The third kappa shape index (κ3) is 3.07. The van der Waals surface area contributed by atoms with Crippen LogP contribution in [0.1, 0.15) is 45.0 Å². The highest BCUT2D eigenvalue weighted by atomic mass is 32.2. The van der Waals surface area contributed by atoms with E-state index in [-0.39, 0.29) is 11.9 Å². The van der Waals surface area contributed by atoms with Crippen molar-refractivity contribution in [2.24, 2.45) is 0 Å². The van der Waals surface area contributed by atoms with Crippen LogP contribution < -0.4 is 4.90 Å². The summed E-state index contributed by atoms with van der Waals surface area (Å²) in [5.74, 6) is 1.82. The van der Waals surface area contributed by atoms with E-state index < -0.39 is 0 Å². The maximum atomic E-state index is 12.8. The zero-order valence-electron chi connectivity index (χ0n) is 14.7. The van der Waals surface area contributed by atoms with Crippen LogP contribution in [0.3, 0.4) is 0 Å². The number of carbonyl (C=O) groups excluding carboxylic acids is 1. The molecule has 0 radical (unpaired) electrons. The number of nitrogens with zero attached hydrogens (tertiary/aromatic N) is 4. The van der Waals surface area contributed by atoms with Crippen LogP contribution >= 0.6 is 11.8 Å². The predicted molar refractivity (Wildman–Crippen MR) is 97.6 cm³/mol. The monoisotopic (exact) mass is 344 g/mol. The van der Waals surface area contributed by atoms with Gasteiger partial charge >= 0.3 is 0 Å². The maximum absolute atomic E-state index is 12.8. The number of anilines is 1. The molecule has 0 N–H and O–H groups in total. The topological polar surface area (TPSA) is 51.0 Å². The Morgan fingerprint density at radius 2 is 2.08 bits per heavy atom. The van der Waals surface area contributed by atoms with Gasteiger partial charge in [-0.25, -0.2) is 0 Å². The summed E-state index contributed by atoms with van der Waals surface area (Å²) in [6.07, 6.45) is 0.926. The molecule has 1 aromatic heterocycles. The Morgan fingerprint density at radius 1 is 1.33 bits per heavy atom. The van der Waals surface area contributed by atoms with E-state index in [1.807, 2.05) is 23.1 Å². The number of aromatic nitrogens is 3. The maximum Gasteiger partial charge on any atom is 0.237 e. The van der Waals surface area contributed by atoms with E-state index in [2.05, 4.69) is 48.5 Å². The van der Waals surface area contributed by atoms with Gasteiger partial charge < -0.3 is 9.47 Å². The average Bonchev–Trinajstić information content (AvgIpc) is 3.12. The molecule has 24 heavy (non-hydrogen) atoms. The fraction of sp³-hybridized carbons (Fsp3) is 0.500. The zero-order valence-corrected chi connectivity index (χ0v) is 15.5. The molecule has 2 aromatic rings. The van der Waals surface area contributed by atoms with Gasteiger partial charge in [0, 0.05) is 24.2 Å². The Bertz CT molecular complexity index is 740. The van der Waals surface area contributed by atoms with Crippen LogP contribution in [-0.4, -0.2) is 32.5 Å². The Kier molecular flexibility index (Phi) is 4.94. The number of carbonyl (C=O) groups is 1. The molecule has 3 rings (SSSR count). The van der Waals surface area contributed by atoms with E-state index in [1.54, 1.807) is 0 Å². The number of hydrogen-bond acceptors (Lipinski definition) is 4. The number of amides is 1. The van der Waals surface area contributed by atoms with Crippen LogP contribution in [0.15, 0.2) is 29.4 Å². The fourth-order valence-electron chi connectivity index (χ4n) is 3.27. The van der Waals surface area contributed by atoms with Crippen molar-refractivity contribution in [3.63, 3.8) is 0 Å². The van der Waals surface area contributed by atoms with Crippen molar-refractivity contribution in [1.82, 2.24) is 14.8 Å². The fourth-order valence-corrected chi connectivity index (χ4v) is 4.14. The molecule has 0 saturated carbocycles. The van der Waals surface area contributed by atoms with Crippen LogP contribution in [0.2, 0.25) is 0 Å². The Balaban J connectivity index is 1.73. The first-order valence-corrected chi connectivity index (χ1v) is 9.47. The lowest BCUT2D eigenvalue weighted by Crippen LogP contribution is -2.37. The minimum Gasteiger partial charge on any atom is -0.308 e. The number of rotatable bonds is 5. The Labute approximate surface area is 147 Å². The highest BCUT2D eigenvalue weighted by Gasteiger charge is 2.30. The third-order valence-electron chi connectivity index (χ3n) is 4.38. The van der Waals surface area contributed by atoms with Gasteiger partial charge in [0.2, 0.25) is 5.91 Å². The summed E-state index contributed by atoms with van der Waals surface area (Å²) >= 11 is 1.48. The molecule has 0 aliphatic carbocycles. The van der Waals surface area contributed by atoms with Gasteiger partial charge in [0.1, 0.15) is 5.82 Å². The van der Waals surface area contributed by atoms with E-state index >= 15 is 0 Å². The molecule has 1 aromatic carbocycles. The van der Waals surface area contributed by atoms with E-state index in [0.29, 0.717) is 11.7 Å². The first-order valence-electron chi connectivity index (χ1n) is 8.48. The van der Waals surface area contributed by atoms with E-state index in [1.165, 1.54) is 17.3 Å². The van der Waals surface area contributed by atoms with Crippen LogP contribution in [0.4, 0.5) is 5.69 Å². The SMILES string of the molecule is CCn1c(SCC(=O)N2c3ccccc3CC2C)nnc1C(C)C. The first-order chi connectivity index (χ1) is 11.5. The van der Waals surface area contributed by atoms with Gasteiger partial charge in [-0.3, -0.25) is 4.79 Å². The number of para-hydroxylation sites is 1. The van der Waals surface area contributed by atoms with Gasteiger partial charge in [-0.05, 0) is 31.9 Å². The van der Waals surface area contributed by atoms with Crippen LogP contribution in [0.5, 0.6) is 0 Å². The summed E-state index contributed by atoms with van der Waals surface area (Å²) in [6, 6.07) is 8.38. The van der Waals surface area contributed by atoms with Crippen molar-refractivity contribution in [3.8, 4) is 0 Å². The third-order valence-corrected chi connectivity index (χ3v) is 5.33. The van der Waals surface area contributed by atoms with Gasteiger partial charge in [0.05, 0.1) is 5.75 Å². The standard InChI is InChI=1S/C18H24N4OS/c1-5-21-17(12(2)3)19-20-18(21)24-11-16(23)22-13(4)10-14-8-6-7-9-15(14)22/h6-9,12-13H,5,10-11H2,1-4H3. The van der Waals surface area contributed by atoms with Gasteiger partial charge in [0.15, 0.2) is 5.16 Å². The van der Waals surface area contributed by atoms with E-state index in [4.69, 9.17) is 0 Å². The summed E-state index contributed by atoms with van der Waals surface area (Å²) in [6.45, 7) is 9.23. The first kappa shape index (κ1) is 17.0. The lowest BCUT2D eigenvalue weighted by Gasteiger charge is -2.22. The number of fused-ring (bicyclic) bond motifs is 1. The number of hydrogen-bond donors (Lipinski definition) is 0. The normalized spacial score (nSPS) is 16.7. The molecular weight excluding hydrogens is 320 g/mol. The van der Waals surface area contributed by atoms with Crippen molar-refractivity contribution in [2.45, 2.75) is 57.8 Å². The van der Waals surface area contributed by atoms with E-state index in [9.17, 15) is 4.79 Å². The largest absolute Gasteiger partial charge is 0.308 e. The van der Waals surface area contributed by atoms with Crippen molar-refractivity contribution < 1.29 is 4.79 Å². The van der Waals surface area contributed by atoms with Gasteiger partial charge in [-0.2, -0.15) is 0 Å². The Morgan fingerprint density at radius 3 is 2.79 bits per heavy atom. The molecule has 1 atom stereocenters. The van der Waals surface area contributed by atoms with Crippen LogP contribution in [0.25, 0.3) is 0 Å². The van der Waals surface area contributed by atoms with Crippen molar-refractivity contribution >= 4 is 23.4 Å². The minimum atomic E-state index is 0.134. The molecule has 5 nitrogen and oxygen atoms in total. The van der Waals surface area contributed by atoms with Gasteiger partial charge in [-0.1, -0.05) is 43.8 Å². The summed E-state index contributed by atoms with van der Waals surface area (Å²) in [7, 11) is 0. The second-order valence-corrected chi connectivity index (χ2v) is 7.42. The minimum absolute atomic E-state index is 0.134. The molecular formula is C18H24N4OS. The molecule has 0 fully saturated rings.